The van der Waals surface area contributed by atoms with Crippen molar-refractivity contribution in [3.63, 3.8) is 0 Å². The van der Waals surface area contributed by atoms with Crippen molar-refractivity contribution in [1.29, 1.82) is 0 Å². The van der Waals surface area contributed by atoms with Gasteiger partial charge in [0.15, 0.2) is 0 Å². The van der Waals surface area contributed by atoms with Gasteiger partial charge in [-0.15, -0.1) is 11.3 Å². The van der Waals surface area contributed by atoms with Gasteiger partial charge in [-0.1, -0.05) is 12.6 Å². The maximum atomic E-state index is 16.2. The lowest BCUT2D eigenvalue weighted by Gasteiger charge is -2.36. The molecule has 0 fully saturated rings. The van der Waals surface area contributed by atoms with Crippen molar-refractivity contribution < 1.29 is 27.4 Å². The quantitative estimate of drug-likeness (QED) is 0.120. The molecule has 252 valence electrons. The van der Waals surface area contributed by atoms with Gasteiger partial charge in [-0.25, -0.2) is 23.1 Å². The van der Waals surface area contributed by atoms with Gasteiger partial charge in [-0.3, -0.25) is 9.48 Å². The Kier molecular flexibility index (Phi) is 8.27. The number of fused-ring (bicyclic) bond motifs is 3. The Labute approximate surface area is 284 Å². The third-order valence-corrected chi connectivity index (χ3v) is 10.1. The van der Waals surface area contributed by atoms with E-state index in [9.17, 15) is 9.18 Å². The first-order valence-corrected chi connectivity index (χ1v) is 16.6. The lowest BCUT2D eigenvalue weighted by Crippen LogP contribution is -2.42. The molecule has 0 unspecified atom stereocenters. The maximum Gasteiger partial charge on any atom is 0.246 e. The molecule has 49 heavy (non-hydrogen) atoms. The topological polar surface area (TPSA) is 87.3 Å². The van der Waals surface area contributed by atoms with E-state index < -0.39 is 17.5 Å². The van der Waals surface area contributed by atoms with E-state index in [2.05, 4.69) is 11.6 Å². The number of methoxy groups -OCH3 is 1. The second kappa shape index (κ2) is 12.5. The van der Waals surface area contributed by atoms with Crippen LogP contribution in [0.1, 0.15) is 37.4 Å². The molecule has 0 N–H and O–H groups in total. The summed E-state index contributed by atoms with van der Waals surface area (Å²) in [5.74, 6) is -1.93. The first-order chi connectivity index (χ1) is 23.5. The van der Waals surface area contributed by atoms with E-state index in [-0.39, 0.29) is 59.2 Å². The molecule has 13 heteroatoms. The fourth-order valence-corrected chi connectivity index (χ4v) is 7.51. The first-order valence-electron chi connectivity index (χ1n) is 15.7. The highest BCUT2D eigenvalue weighted by molar-refractivity contribution is 7.17. The number of rotatable bonds is 8. The molecule has 5 heterocycles. The number of hydrogen-bond donors (Lipinski definition) is 0. The van der Waals surface area contributed by atoms with E-state index in [4.69, 9.17) is 19.6 Å². The highest BCUT2D eigenvalue weighted by atomic mass is 32.1. The lowest BCUT2D eigenvalue weighted by atomic mass is 9.94. The van der Waals surface area contributed by atoms with Crippen LogP contribution < -0.4 is 4.74 Å². The minimum atomic E-state index is -0.950. The van der Waals surface area contributed by atoms with Crippen LogP contribution in [0.15, 0.2) is 54.4 Å². The van der Waals surface area contributed by atoms with Gasteiger partial charge in [0, 0.05) is 54.7 Å². The normalized spacial score (nSPS) is 16.0. The van der Waals surface area contributed by atoms with Crippen molar-refractivity contribution in [2.24, 2.45) is 7.05 Å². The van der Waals surface area contributed by atoms with Crippen LogP contribution in [0.4, 0.5) is 13.2 Å². The monoisotopic (exact) mass is 686 g/mol. The first kappa shape index (κ1) is 32.5. The number of pyridine rings is 1. The molecule has 0 bridgehead atoms. The second-order valence-electron chi connectivity index (χ2n) is 12.1. The number of aromatic nitrogens is 5. The molecule has 6 aromatic rings. The molecule has 0 spiro atoms. The minimum Gasteiger partial charge on any atom is -0.490 e. The van der Waals surface area contributed by atoms with Crippen molar-refractivity contribution in [3.8, 4) is 39.5 Å². The zero-order valence-electron chi connectivity index (χ0n) is 27.6. The van der Waals surface area contributed by atoms with Crippen LogP contribution in [0.25, 0.3) is 54.9 Å². The zero-order chi connectivity index (χ0) is 34.7. The molecule has 1 aliphatic rings. The fraction of sp³-hybridized carbons (Fsp3) is 0.278. The number of thiophene rings is 1. The highest BCUT2D eigenvalue weighted by Crippen LogP contribution is 2.48. The number of imidazole rings is 1. The Morgan fingerprint density at radius 3 is 2.61 bits per heavy atom. The number of carbonyl (C=O) groups is 1. The van der Waals surface area contributed by atoms with Gasteiger partial charge in [0.05, 0.1) is 51.4 Å². The number of halogens is 3. The average Bonchev–Trinajstić information content (AvgIpc) is 3.77. The largest absolute Gasteiger partial charge is 0.490 e. The van der Waals surface area contributed by atoms with Crippen molar-refractivity contribution >= 4 is 38.4 Å². The molecule has 2 atom stereocenters. The van der Waals surface area contributed by atoms with Gasteiger partial charge in [0.25, 0.3) is 0 Å². The summed E-state index contributed by atoms with van der Waals surface area (Å²) in [6.07, 6.45) is 1.28. The van der Waals surface area contributed by atoms with Crippen LogP contribution >= 0.6 is 11.3 Å². The molecule has 0 aliphatic carbocycles. The third kappa shape index (κ3) is 5.37. The molecule has 1 aliphatic heterocycles. The SMILES string of the molecule is C=CC(=O)N1C[C@H](C)n2nc(-c3nc(-c4ccc5c(c4)nc(C)n5C)c4scc(F)c4c3-c3c(F)cc(F)cc3OCCOC)cc2[C@H]1C. The van der Waals surface area contributed by atoms with Gasteiger partial charge in [0.1, 0.15) is 47.0 Å². The van der Waals surface area contributed by atoms with Crippen LogP contribution in [-0.2, 0) is 16.6 Å². The van der Waals surface area contributed by atoms with Crippen molar-refractivity contribution in [3.05, 3.63) is 83.4 Å². The van der Waals surface area contributed by atoms with E-state index in [1.54, 1.807) is 11.0 Å². The highest BCUT2D eigenvalue weighted by Gasteiger charge is 2.34. The summed E-state index contributed by atoms with van der Waals surface area (Å²) in [7, 11) is 3.41. The second-order valence-corrected chi connectivity index (χ2v) is 13.0. The standard InChI is InChI=1S/C36H33F3N6O3S/c1-7-30(46)44-16-18(2)45-28(19(44)3)15-26(42-45)35-33(31-23(38)13-22(37)14-29(31)48-11-10-47-6)32-24(39)17-49-36(32)34(41-35)21-8-9-27-25(12-21)40-20(4)43(27)5/h7-9,12-15,17-19H,1,10-11,16H2,2-6H3/t18-,19+/m0/s1. The Morgan fingerprint density at radius 2 is 1.86 bits per heavy atom. The fourth-order valence-electron chi connectivity index (χ4n) is 6.58. The zero-order valence-corrected chi connectivity index (χ0v) is 28.4. The van der Waals surface area contributed by atoms with E-state index >= 15 is 8.78 Å². The smallest absolute Gasteiger partial charge is 0.246 e. The number of amides is 1. The molecule has 2 aromatic carbocycles. The Bertz CT molecular complexity index is 2290. The van der Waals surface area contributed by atoms with Crippen LogP contribution in [-0.4, -0.2) is 62.0 Å². The van der Waals surface area contributed by atoms with Crippen LogP contribution in [0.3, 0.4) is 0 Å². The number of hydrogen-bond acceptors (Lipinski definition) is 7. The molecule has 1 amide bonds. The number of benzene rings is 2. The summed E-state index contributed by atoms with van der Waals surface area (Å²) in [5, 5.41) is 6.37. The number of carbonyl (C=O) groups excluding carboxylic acids is 1. The van der Waals surface area contributed by atoms with Crippen molar-refractivity contribution in [2.75, 3.05) is 26.9 Å². The molecular weight excluding hydrogens is 653 g/mol. The number of nitrogens with zero attached hydrogens (tertiary/aromatic N) is 6. The third-order valence-electron chi connectivity index (χ3n) is 9.10. The summed E-state index contributed by atoms with van der Waals surface area (Å²) in [6, 6.07) is 8.71. The summed E-state index contributed by atoms with van der Waals surface area (Å²) in [5.41, 5.74) is 3.91. The predicted molar refractivity (Wildman–Crippen MR) is 183 cm³/mol. The van der Waals surface area contributed by atoms with Gasteiger partial charge in [-0.05, 0) is 45.0 Å². The maximum absolute atomic E-state index is 16.2. The van der Waals surface area contributed by atoms with Crippen molar-refractivity contribution in [1.82, 2.24) is 29.2 Å². The summed E-state index contributed by atoms with van der Waals surface area (Å²) in [4.78, 5) is 24.3. The van der Waals surface area contributed by atoms with Crippen LogP contribution in [0.5, 0.6) is 5.75 Å². The van der Waals surface area contributed by atoms with Crippen molar-refractivity contribution in [2.45, 2.75) is 32.9 Å². The summed E-state index contributed by atoms with van der Waals surface area (Å²) >= 11 is 1.13. The summed E-state index contributed by atoms with van der Waals surface area (Å²) < 4.78 is 62.3. The van der Waals surface area contributed by atoms with E-state index in [1.807, 2.05) is 55.3 Å². The number of aryl methyl sites for hydroxylation is 2. The van der Waals surface area contributed by atoms with Crippen LogP contribution in [0.2, 0.25) is 0 Å². The molecule has 0 saturated heterocycles. The molecule has 4 aromatic heterocycles. The van der Waals surface area contributed by atoms with Gasteiger partial charge in [-0.2, -0.15) is 5.10 Å². The molecule has 7 rings (SSSR count). The average molecular weight is 687 g/mol. The predicted octanol–water partition coefficient (Wildman–Crippen LogP) is 7.78. The van der Waals surface area contributed by atoms with Gasteiger partial charge < -0.3 is 18.9 Å². The lowest BCUT2D eigenvalue weighted by molar-refractivity contribution is -0.129. The Morgan fingerprint density at radius 1 is 1.06 bits per heavy atom. The van der Waals surface area contributed by atoms with Gasteiger partial charge >= 0.3 is 0 Å². The summed E-state index contributed by atoms with van der Waals surface area (Å²) in [6.45, 7) is 9.91. The molecule has 0 saturated carbocycles. The Hall–Kier alpha value is -5.01. The molecule has 9 nitrogen and oxygen atoms in total. The van der Waals surface area contributed by atoms with E-state index in [0.29, 0.717) is 33.9 Å². The minimum absolute atomic E-state index is 0.00697. The molecule has 0 radical (unpaired) electrons. The number of ether oxygens (including phenoxy) is 2. The van der Waals surface area contributed by atoms with E-state index in [0.717, 1.165) is 40.3 Å². The van der Waals surface area contributed by atoms with Crippen LogP contribution in [0, 0.1) is 24.4 Å². The van der Waals surface area contributed by atoms with E-state index in [1.165, 1.54) is 18.6 Å². The Balaban J connectivity index is 1.55. The van der Waals surface area contributed by atoms with Gasteiger partial charge in [0.2, 0.25) is 5.91 Å². The molecular formula is C36H33F3N6O3S.